The Hall–Kier alpha value is -2.53. The first-order chi connectivity index (χ1) is 12.7. The van der Waals surface area contributed by atoms with Crippen LogP contribution in [-0.2, 0) is 17.7 Å². The Morgan fingerprint density at radius 3 is 2.56 bits per heavy atom. The predicted octanol–water partition coefficient (Wildman–Crippen LogP) is 4.07. The molecule has 0 fully saturated rings. The van der Waals surface area contributed by atoms with Crippen LogP contribution in [-0.4, -0.2) is 36.2 Å². The minimum absolute atomic E-state index is 0.187. The lowest BCUT2D eigenvalue weighted by atomic mass is 9.96. The molecule has 5 nitrogen and oxygen atoms in total. The van der Waals surface area contributed by atoms with Crippen LogP contribution in [0.5, 0.6) is 0 Å². The number of para-hydroxylation sites is 1. The molecule has 1 heterocycles. The van der Waals surface area contributed by atoms with E-state index < -0.39 is 5.60 Å². The second-order valence-corrected chi connectivity index (χ2v) is 8.20. The standard InChI is InChI=1S/C22H29N3O2/c1-22(2,3)27-21(26)25-15-18(13-17-11-8-12-19(23)20(17)25)24(4)14-16-9-6-5-7-10-16/h5-12,18H,13-15,23H2,1-4H3/t18-/m1/s1. The van der Waals surface area contributed by atoms with E-state index in [0.717, 1.165) is 24.2 Å². The van der Waals surface area contributed by atoms with Crippen LogP contribution in [0.4, 0.5) is 16.2 Å². The molecule has 0 spiro atoms. The molecule has 1 atom stereocenters. The summed E-state index contributed by atoms with van der Waals surface area (Å²) in [6, 6.07) is 16.4. The highest BCUT2D eigenvalue weighted by Crippen LogP contribution is 2.35. The average molecular weight is 367 g/mol. The van der Waals surface area contributed by atoms with Gasteiger partial charge in [0.05, 0.1) is 11.4 Å². The Bertz CT molecular complexity index is 799. The molecule has 0 bridgehead atoms. The zero-order valence-electron chi connectivity index (χ0n) is 16.6. The minimum atomic E-state index is -0.552. The van der Waals surface area contributed by atoms with Crippen LogP contribution in [0.15, 0.2) is 48.5 Å². The van der Waals surface area contributed by atoms with E-state index >= 15 is 0 Å². The Morgan fingerprint density at radius 2 is 1.89 bits per heavy atom. The summed E-state index contributed by atoms with van der Waals surface area (Å²) in [5.74, 6) is 0. The molecule has 1 aliphatic rings. The molecule has 0 unspecified atom stereocenters. The monoisotopic (exact) mass is 367 g/mol. The lowest BCUT2D eigenvalue weighted by Crippen LogP contribution is -2.50. The van der Waals surface area contributed by atoms with E-state index in [2.05, 4.69) is 24.1 Å². The molecule has 2 aromatic carbocycles. The Kier molecular flexibility index (Phi) is 5.42. The molecule has 1 aliphatic heterocycles. The fourth-order valence-corrected chi connectivity index (χ4v) is 3.50. The summed E-state index contributed by atoms with van der Waals surface area (Å²) in [7, 11) is 2.10. The van der Waals surface area contributed by atoms with Gasteiger partial charge in [-0.05, 0) is 51.4 Å². The highest BCUT2D eigenvalue weighted by Gasteiger charge is 2.34. The van der Waals surface area contributed by atoms with Crippen molar-refractivity contribution in [3.63, 3.8) is 0 Å². The number of anilines is 2. The van der Waals surface area contributed by atoms with Gasteiger partial charge in [0.25, 0.3) is 0 Å². The summed E-state index contributed by atoms with van der Waals surface area (Å²) in [5, 5.41) is 0. The largest absolute Gasteiger partial charge is 0.443 e. The van der Waals surface area contributed by atoms with Crippen molar-refractivity contribution in [1.82, 2.24) is 4.90 Å². The maximum Gasteiger partial charge on any atom is 0.414 e. The Morgan fingerprint density at radius 1 is 1.19 bits per heavy atom. The molecule has 0 saturated heterocycles. The fourth-order valence-electron chi connectivity index (χ4n) is 3.50. The smallest absolute Gasteiger partial charge is 0.414 e. The van der Waals surface area contributed by atoms with E-state index in [-0.39, 0.29) is 12.1 Å². The third-order valence-electron chi connectivity index (χ3n) is 4.78. The van der Waals surface area contributed by atoms with Crippen molar-refractivity contribution in [3.05, 3.63) is 59.7 Å². The molecule has 2 N–H and O–H groups in total. The summed E-state index contributed by atoms with van der Waals surface area (Å²) in [4.78, 5) is 16.9. The van der Waals surface area contributed by atoms with Gasteiger partial charge in [-0.15, -0.1) is 0 Å². The van der Waals surface area contributed by atoms with Gasteiger partial charge in [-0.1, -0.05) is 42.5 Å². The molecular formula is C22H29N3O2. The highest BCUT2D eigenvalue weighted by molar-refractivity contribution is 5.94. The Labute approximate surface area is 161 Å². The number of nitrogens with two attached hydrogens (primary N) is 1. The quantitative estimate of drug-likeness (QED) is 0.831. The van der Waals surface area contributed by atoms with Crippen LogP contribution in [0.1, 0.15) is 31.9 Å². The summed E-state index contributed by atoms with van der Waals surface area (Å²) >= 11 is 0. The predicted molar refractivity (Wildman–Crippen MR) is 110 cm³/mol. The number of hydrogen-bond donors (Lipinski definition) is 1. The number of amides is 1. The first kappa shape index (κ1) is 19.2. The summed E-state index contributed by atoms with van der Waals surface area (Å²) < 4.78 is 5.65. The van der Waals surface area contributed by atoms with Crippen molar-refractivity contribution in [1.29, 1.82) is 0 Å². The van der Waals surface area contributed by atoms with Crippen LogP contribution >= 0.6 is 0 Å². The second-order valence-electron chi connectivity index (χ2n) is 8.20. The lowest BCUT2D eigenvalue weighted by Gasteiger charge is -2.39. The summed E-state index contributed by atoms with van der Waals surface area (Å²) in [6.45, 7) is 7.01. The number of fused-ring (bicyclic) bond motifs is 1. The van der Waals surface area contributed by atoms with Gasteiger partial charge in [-0.25, -0.2) is 4.79 Å². The lowest BCUT2D eigenvalue weighted by molar-refractivity contribution is 0.0564. The molecular weight excluding hydrogens is 338 g/mol. The number of ether oxygens (including phenoxy) is 1. The fraction of sp³-hybridized carbons (Fsp3) is 0.409. The highest BCUT2D eigenvalue weighted by atomic mass is 16.6. The normalized spacial score (nSPS) is 16.9. The van der Waals surface area contributed by atoms with Crippen LogP contribution < -0.4 is 10.6 Å². The number of likely N-dealkylation sites (N-methyl/N-ethyl adjacent to an activating group) is 1. The minimum Gasteiger partial charge on any atom is -0.443 e. The molecule has 0 radical (unpaired) electrons. The van der Waals surface area contributed by atoms with Gasteiger partial charge >= 0.3 is 6.09 Å². The van der Waals surface area contributed by atoms with Crippen molar-refractivity contribution < 1.29 is 9.53 Å². The van der Waals surface area contributed by atoms with Gasteiger partial charge in [-0.3, -0.25) is 9.80 Å². The van der Waals surface area contributed by atoms with Crippen molar-refractivity contribution >= 4 is 17.5 Å². The molecule has 0 saturated carbocycles. The second kappa shape index (κ2) is 7.61. The maximum absolute atomic E-state index is 12.9. The number of nitrogen functional groups attached to an aromatic ring is 1. The summed E-state index contributed by atoms with van der Waals surface area (Å²) in [6.07, 6.45) is 0.502. The van der Waals surface area contributed by atoms with Gasteiger partial charge in [0.2, 0.25) is 0 Å². The third-order valence-corrected chi connectivity index (χ3v) is 4.78. The van der Waals surface area contributed by atoms with Gasteiger partial charge in [0.1, 0.15) is 5.60 Å². The van der Waals surface area contributed by atoms with Gasteiger partial charge in [0, 0.05) is 19.1 Å². The van der Waals surface area contributed by atoms with Crippen LogP contribution in [0.2, 0.25) is 0 Å². The first-order valence-corrected chi connectivity index (χ1v) is 9.36. The number of hydrogen-bond acceptors (Lipinski definition) is 4. The molecule has 1 amide bonds. The molecule has 27 heavy (non-hydrogen) atoms. The van der Waals surface area contributed by atoms with Crippen molar-refractivity contribution in [2.75, 3.05) is 24.2 Å². The van der Waals surface area contributed by atoms with E-state index in [1.165, 1.54) is 5.56 Å². The Balaban J connectivity index is 1.86. The SMILES string of the molecule is CN(Cc1ccccc1)[C@@H]1Cc2cccc(N)c2N(C(=O)OC(C)(C)C)C1. The van der Waals surface area contributed by atoms with Crippen LogP contribution in [0, 0.1) is 0 Å². The maximum atomic E-state index is 12.9. The van der Waals surface area contributed by atoms with E-state index in [9.17, 15) is 4.79 Å². The first-order valence-electron chi connectivity index (χ1n) is 9.36. The molecule has 3 rings (SSSR count). The number of carbonyl (C=O) groups is 1. The van der Waals surface area contributed by atoms with Crippen molar-refractivity contribution in [2.45, 2.75) is 45.4 Å². The number of nitrogens with zero attached hydrogens (tertiary/aromatic N) is 2. The number of benzene rings is 2. The topological polar surface area (TPSA) is 58.8 Å². The van der Waals surface area contributed by atoms with Gasteiger partial charge in [-0.2, -0.15) is 0 Å². The van der Waals surface area contributed by atoms with Crippen molar-refractivity contribution in [3.8, 4) is 0 Å². The van der Waals surface area contributed by atoms with Crippen molar-refractivity contribution in [2.24, 2.45) is 0 Å². The van der Waals surface area contributed by atoms with Gasteiger partial charge in [0.15, 0.2) is 0 Å². The van der Waals surface area contributed by atoms with E-state index in [0.29, 0.717) is 12.2 Å². The van der Waals surface area contributed by atoms with Crippen LogP contribution in [0.25, 0.3) is 0 Å². The zero-order valence-corrected chi connectivity index (χ0v) is 16.6. The average Bonchev–Trinajstić information content (AvgIpc) is 2.60. The molecule has 0 aliphatic carbocycles. The molecule has 2 aromatic rings. The van der Waals surface area contributed by atoms with Gasteiger partial charge < -0.3 is 10.5 Å². The molecule has 5 heteroatoms. The number of rotatable bonds is 3. The molecule has 144 valence electrons. The van der Waals surface area contributed by atoms with E-state index in [1.54, 1.807) is 4.90 Å². The zero-order chi connectivity index (χ0) is 19.6. The van der Waals surface area contributed by atoms with Crippen LogP contribution in [0.3, 0.4) is 0 Å². The molecule has 0 aromatic heterocycles. The van der Waals surface area contributed by atoms with E-state index in [1.807, 2.05) is 57.2 Å². The third kappa shape index (κ3) is 4.61. The number of carbonyl (C=O) groups excluding carboxylic acids is 1. The summed E-state index contributed by atoms with van der Waals surface area (Å²) in [5.41, 5.74) is 9.40. The van der Waals surface area contributed by atoms with E-state index in [4.69, 9.17) is 10.5 Å².